The molecule has 3 rings (SSSR count). The van der Waals surface area contributed by atoms with E-state index in [4.69, 9.17) is 0 Å². The summed E-state index contributed by atoms with van der Waals surface area (Å²) < 4.78 is 41.0. The molecule has 126 valence electrons. The number of carbonyl (C=O) groups is 1. The molecule has 2 aromatic carbocycles. The molecule has 1 heterocycles. The fraction of sp³-hybridized carbons (Fsp3) is 0.188. The Labute approximate surface area is 147 Å². The van der Waals surface area contributed by atoms with Crippen molar-refractivity contribution in [3.63, 3.8) is 0 Å². The number of hydrogen-bond acceptors (Lipinski definition) is 3. The van der Waals surface area contributed by atoms with Gasteiger partial charge in [-0.25, -0.2) is 12.8 Å². The van der Waals surface area contributed by atoms with E-state index < -0.39 is 21.9 Å². The molecular formula is C16H14BrFN2O3S. The number of carbonyl (C=O) groups excluding carboxylic acids is 1. The quantitative estimate of drug-likeness (QED) is 0.839. The van der Waals surface area contributed by atoms with Gasteiger partial charge in [-0.1, -0.05) is 15.9 Å². The van der Waals surface area contributed by atoms with Gasteiger partial charge in [0.1, 0.15) is 11.9 Å². The minimum Gasteiger partial charge on any atom is -0.311 e. The Hall–Kier alpha value is -1.77. The zero-order valence-corrected chi connectivity index (χ0v) is 14.8. The molecule has 1 unspecified atom stereocenters. The first kappa shape index (κ1) is 17.1. The van der Waals surface area contributed by atoms with Gasteiger partial charge in [-0.2, -0.15) is 4.72 Å². The van der Waals surface area contributed by atoms with Gasteiger partial charge < -0.3 is 4.90 Å². The molecule has 1 amide bonds. The van der Waals surface area contributed by atoms with Gasteiger partial charge in [0.25, 0.3) is 0 Å². The molecule has 0 spiro atoms. The maximum absolute atomic E-state index is 13.0. The van der Waals surface area contributed by atoms with E-state index in [-0.39, 0.29) is 10.8 Å². The molecule has 0 saturated carbocycles. The molecule has 0 bridgehead atoms. The molecule has 1 aliphatic rings. The number of hydrogen-bond donors (Lipinski definition) is 1. The van der Waals surface area contributed by atoms with Gasteiger partial charge in [-0.3, -0.25) is 4.79 Å². The van der Waals surface area contributed by atoms with Crippen LogP contribution in [0, 0.1) is 5.82 Å². The first-order chi connectivity index (χ1) is 11.4. The zero-order chi connectivity index (χ0) is 17.3. The van der Waals surface area contributed by atoms with Crippen molar-refractivity contribution in [2.24, 2.45) is 0 Å². The van der Waals surface area contributed by atoms with Crippen molar-refractivity contribution >= 4 is 37.5 Å². The van der Waals surface area contributed by atoms with Gasteiger partial charge >= 0.3 is 0 Å². The molecule has 5 nitrogen and oxygen atoms in total. The topological polar surface area (TPSA) is 66.5 Å². The molecule has 1 N–H and O–H groups in total. The second-order valence-electron chi connectivity index (χ2n) is 5.38. The van der Waals surface area contributed by atoms with Crippen LogP contribution in [0.5, 0.6) is 0 Å². The van der Waals surface area contributed by atoms with Crippen LogP contribution in [0.4, 0.5) is 10.1 Å². The lowest BCUT2D eigenvalue weighted by Gasteiger charge is -2.17. The SMILES string of the molecule is O=C1C(NS(=O)(=O)c2ccc(Br)cc2)CCN1c1ccc(F)cc1. The van der Waals surface area contributed by atoms with Gasteiger partial charge in [-0.15, -0.1) is 0 Å². The molecule has 2 aromatic rings. The Morgan fingerprint density at radius 2 is 1.71 bits per heavy atom. The minimum absolute atomic E-state index is 0.0960. The van der Waals surface area contributed by atoms with E-state index in [9.17, 15) is 17.6 Å². The van der Waals surface area contributed by atoms with Crippen molar-refractivity contribution in [2.75, 3.05) is 11.4 Å². The Bertz CT molecular complexity index is 854. The summed E-state index contributed by atoms with van der Waals surface area (Å²) in [5.41, 5.74) is 0.548. The van der Waals surface area contributed by atoms with Crippen molar-refractivity contribution in [2.45, 2.75) is 17.4 Å². The second-order valence-corrected chi connectivity index (χ2v) is 8.01. The standard InChI is InChI=1S/C16H14BrFN2O3S/c17-11-1-7-14(8-2-11)24(22,23)19-15-9-10-20(16(15)21)13-5-3-12(18)4-6-13/h1-8,15,19H,9-10H2. The van der Waals surface area contributed by atoms with Crippen molar-refractivity contribution in [1.82, 2.24) is 4.72 Å². The Kier molecular flexibility index (Phi) is 4.71. The maximum atomic E-state index is 13.0. The van der Waals surface area contributed by atoms with Crippen LogP contribution < -0.4 is 9.62 Å². The number of nitrogens with one attached hydrogen (secondary N) is 1. The van der Waals surface area contributed by atoms with Crippen LogP contribution in [0.1, 0.15) is 6.42 Å². The minimum atomic E-state index is -3.78. The Morgan fingerprint density at radius 3 is 2.33 bits per heavy atom. The van der Waals surface area contributed by atoms with Crippen molar-refractivity contribution in [3.05, 3.63) is 58.8 Å². The lowest BCUT2D eigenvalue weighted by Crippen LogP contribution is -2.41. The number of halogens is 2. The van der Waals surface area contributed by atoms with E-state index >= 15 is 0 Å². The van der Waals surface area contributed by atoms with Crippen LogP contribution in [0.25, 0.3) is 0 Å². The fourth-order valence-corrected chi connectivity index (χ4v) is 4.02. The zero-order valence-electron chi connectivity index (χ0n) is 12.4. The largest absolute Gasteiger partial charge is 0.311 e. The van der Waals surface area contributed by atoms with E-state index in [1.807, 2.05) is 0 Å². The summed E-state index contributed by atoms with van der Waals surface area (Å²) in [6.07, 6.45) is 0.353. The van der Waals surface area contributed by atoms with Gasteiger partial charge in [0.05, 0.1) is 4.90 Å². The first-order valence-electron chi connectivity index (χ1n) is 7.22. The lowest BCUT2D eigenvalue weighted by atomic mass is 10.3. The molecule has 1 atom stereocenters. The number of sulfonamides is 1. The van der Waals surface area contributed by atoms with Gasteiger partial charge in [0.2, 0.25) is 15.9 Å². The predicted octanol–water partition coefficient (Wildman–Crippen LogP) is 2.67. The third kappa shape index (κ3) is 3.50. The van der Waals surface area contributed by atoms with Crippen LogP contribution in [-0.4, -0.2) is 26.9 Å². The summed E-state index contributed by atoms with van der Waals surface area (Å²) in [5.74, 6) is -0.736. The van der Waals surface area contributed by atoms with E-state index in [1.54, 1.807) is 12.1 Å². The van der Waals surface area contributed by atoms with Gasteiger partial charge in [0, 0.05) is 16.7 Å². The van der Waals surface area contributed by atoms with E-state index in [0.717, 1.165) is 4.47 Å². The summed E-state index contributed by atoms with van der Waals surface area (Å²) in [7, 11) is -3.78. The van der Waals surface area contributed by atoms with Crippen molar-refractivity contribution in [3.8, 4) is 0 Å². The van der Waals surface area contributed by atoms with Crippen LogP contribution in [0.15, 0.2) is 57.9 Å². The van der Waals surface area contributed by atoms with Gasteiger partial charge in [-0.05, 0) is 55.0 Å². The fourth-order valence-electron chi connectivity index (χ4n) is 2.54. The maximum Gasteiger partial charge on any atom is 0.245 e. The molecule has 0 aromatic heterocycles. The van der Waals surface area contributed by atoms with Crippen molar-refractivity contribution in [1.29, 1.82) is 0 Å². The smallest absolute Gasteiger partial charge is 0.245 e. The Balaban J connectivity index is 1.76. The average molecular weight is 413 g/mol. The molecule has 0 radical (unpaired) electrons. The summed E-state index contributed by atoms with van der Waals surface area (Å²) in [6, 6.07) is 10.9. The van der Waals surface area contributed by atoms with E-state index in [2.05, 4.69) is 20.7 Å². The third-order valence-corrected chi connectivity index (χ3v) is 5.78. The van der Waals surface area contributed by atoms with E-state index in [1.165, 1.54) is 41.3 Å². The molecular weight excluding hydrogens is 399 g/mol. The number of amides is 1. The number of benzene rings is 2. The highest BCUT2D eigenvalue weighted by Gasteiger charge is 2.35. The normalized spacial score (nSPS) is 18.2. The summed E-state index contributed by atoms with van der Waals surface area (Å²) in [4.78, 5) is 14.0. The van der Waals surface area contributed by atoms with Crippen LogP contribution in [-0.2, 0) is 14.8 Å². The highest BCUT2D eigenvalue weighted by Crippen LogP contribution is 2.23. The average Bonchev–Trinajstić information content (AvgIpc) is 2.89. The van der Waals surface area contributed by atoms with Crippen molar-refractivity contribution < 1.29 is 17.6 Å². The lowest BCUT2D eigenvalue weighted by molar-refractivity contribution is -0.118. The molecule has 8 heteroatoms. The molecule has 0 aliphatic carbocycles. The first-order valence-corrected chi connectivity index (χ1v) is 9.49. The highest BCUT2D eigenvalue weighted by atomic mass is 79.9. The molecule has 1 fully saturated rings. The van der Waals surface area contributed by atoms with Gasteiger partial charge in [0.15, 0.2) is 0 Å². The van der Waals surface area contributed by atoms with Crippen LogP contribution in [0.2, 0.25) is 0 Å². The van der Waals surface area contributed by atoms with E-state index in [0.29, 0.717) is 18.7 Å². The number of nitrogens with zero attached hydrogens (tertiary/aromatic N) is 1. The summed E-state index contributed by atoms with van der Waals surface area (Å²) in [5, 5.41) is 0. The highest BCUT2D eigenvalue weighted by molar-refractivity contribution is 9.10. The summed E-state index contributed by atoms with van der Waals surface area (Å²) in [6.45, 7) is 0.373. The third-order valence-electron chi connectivity index (χ3n) is 3.77. The van der Waals surface area contributed by atoms with Crippen LogP contribution >= 0.6 is 15.9 Å². The monoisotopic (exact) mass is 412 g/mol. The molecule has 1 saturated heterocycles. The predicted molar refractivity (Wildman–Crippen MR) is 91.6 cm³/mol. The molecule has 24 heavy (non-hydrogen) atoms. The second kappa shape index (κ2) is 6.62. The summed E-state index contributed by atoms with van der Waals surface area (Å²) >= 11 is 3.25. The van der Waals surface area contributed by atoms with Crippen LogP contribution in [0.3, 0.4) is 0 Å². The molecule has 1 aliphatic heterocycles. The number of anilines is 1. The Morgan fingerprint density at radius 1 is 1.08 bits per heavy atom. The number of rotatable bonds is 4.